The van der Waals surface area contributed by atoms with Crippen LogP contribution < -0.4 is 0 Å². The van der Waals surface area contributed by atoms with E-state index in [1.165, 1.54) is 12.1 Å². The minimum atomic E-state index is -4.41. The van der Waals surface area contributed by atoms with Gasteiger partial charge in [0.1, 0.15) is 18.0 Å². The highest BCUT2D eigenvalue weighted by molar-refractivity contribution is 5.58. The van der Waals surface area contributed by atoms with E-state index in [0.717, 1.165) is 12.1 Å². The van der Waals surface area contributed by atoms with Crippen molar-refractivity contribution in [3.63, 3.8) is 0 Å². The van der Waals surface area contributed by atoms with Crippen molar-refractivity contribution >= 4 is 0 Å². The molecule has 0 fully saturated rings. The van der Waals surface area contributed by atoms with Gasteiger partial charge in [0.15, 0.2) is 11.4 Å². The number of nitriles is 2. The van der Waals surface area contributed by atoms with Gasteiger partial charge in [-0.25, -0.2) is 4.98 Å². The van der Waals surface area contributed by atoms with Crippen LogP contribution in [0.5, 0.6) is 0 Å². The van der Waals surface area contributed by atoms with Crippen molar-refractivity contribution in [2.24, 2.45) is 0 Å². The molecule has 0 spiro atoms. The second kappa shape index (κ2) is 4.46. The first kappa shape index (κ1) is 12.7. The van der Waals surface area contributed by atoms with Crippen molar-refractivity contribution in [1.29, 1.82) is 10.5 Å². The van der Waals surface area contributed by atoms with Crippen molar-refractivity contribution in [1.82, 2.24) is 9.97 Å². The number of hydrogen-bond donors (Lipinski definition) is 1. The number of nitrogens with one attached hydrogen (secondary N) is 1. The van der Waals surface area contributed by atoms with E-state index in [0.29, 0.717) is 5.56 Å². The number of imidazole rings is 1. The molecule has 0 aliphatic heterocycles. The number of benzene rings is 1. The van der Waals surface area contributed by atoms with Gasteiger partial charge in [-0.15, -0.1) is 0 Å². The van der Waals surface area contributed by atoms with Gasteiger partial charge in [0.05, 0.1) is 5.56 Å². The molecule has 7 heteroatoms. The van der Waals surface area contributed by atoms with Gasteiger partial charge < -0.3 is 4.98 Å². The van der Waals surface area contributed by atoms with Crippen molar-refractivity contribution in [2.45, 2.75) is 6.18 Å². The molecule has 0 aliphatic rings. The molecule has 2 rings (SSSR count). The topological polar surface area (TPSA) is 76.3 Å². The fourth-order valence-electron chi connectivity index (χ4n) is 1.49. The van der Waals surface area contributed by atoms with Crippen LogP contribution in [-0.2, 0) is 6.18 Å². The van der Waals surface area contributed by atoms with Crippen LogP contribution in [0.2, 0.25) is 0 Å². The normalized spacial score (nSPS) is 10.8. The minimum absolute atomic E-state index is 0.0163. The Balaban J connectivity index is 2.42. The molecule has 1 aromatic heterocycles. The highest BCUT2D eigenvalue weighted by Crippen LogP contribution is 2.30. The molecule has 19 heavy (non-hydrogen) atoms. The average molecular weight is 262 g/mol. The summed E-state index contributed by atoms with van der Waals surface area (Å²) >= 11 is 0. The molecule has 4 nitrogen and oxygen atoms in total. The lowest BCUT2D eigenvalue weighted by molar-refractivity contribution is -0.137. The molecule has 1 aromatic carbocycles. The molecule has 1 heterocycles. The average Bonchev–Trinajstić information content (AvgIpc) is 2.81. The summed E-state index contributed by atoms with van der Waals surface area (Å²) in [6, 6.07) is 7.76. The molecule has 0 bridgehead atoms. The van der Waals surface area contributed by atoms with Gasteiger partial charge in [-0.2, -0.15) is 23.7 Å². The summed E-state index contributed by atoms with van der Waals surface area (Å²) in [7, 11) is 0. The van der Waals surface area contributed by atoms with E-state index in [1.54, 1.807) is 12.1 Å². The van der Waals surface area contributed by atoms with E-state index < -0.39 is 11.7 Å². The van der Waals surface area contributed by atoms with Crippen molar-refractivity contribution in [2.75, 3.05) is 0 Å². The Morgan fingerprint density at radius 1 is 1.05 bits per heavy atom. The Labute approximate surface area is 105 Å². The molecule has 0 atom stereocenters. The first-order valence-corrected chi connectivity index (χ1v) is 5.03. The van der Waals surface area contributed by atoms with Crippen molar-refractivity contribution < 1.29 is 13.2 Å². The number of aromatic amines is 1. The number of H-pyrrole nitrogens is 1. The van der Waals surface area contributed by atoms with Gasteiger partial charge in [0.25, 0.3) is 0 Å². The highest BCUT2D eigenvalue weighted by atomic mass is 19.4. The summed E-state index contributed by atoms with van der Waals surface area (Å²) in [5.74, 6) is 0.182. The third-order valence-electron chi connectivity index (χ3n) is 2.41. The maximum absolute atomic E-state index is 12.4. The summed E-state index contributed by atoms with van der Waals surface area (Å²) in [5.41, 5.74) is -0.510. The number of halogens is 3. The van der Waals surface area contributed by atoms with E-state index in [9.17, 15) is 13.2 Å². The van der Waals surface area contributed by atoms with E-state index in [1.807, 2.05) is 0 Å². The largest absolute Gasteiger partial charge is 0.416 e. The Morgan fingerprint density at radius 3 is 2.11 bits per heavy atom. The lowest BCUT2D eigenvalue weighted by Crippen LogP contribution is -2.04. The zero-order chi connectivity index (χ0) is 14.0. The standard InChI is InChI=1S/C12H5F3N4/c13-12(14,15)8-3-1-7(2-4-8)11-18-9(5-16)10(6-17)19-11/h1-4H,(H,18,19). The Hall–Kier alpha value is -2.80. The number of rotatable bonds is 1. The van der Waals surface area contributed by atoms with E-state index in [4.69, 9.17) is 10.5 Å². The lowest BCUT2D eigenvalue weighted by atomic mass is 10.1. The number of nitrogens with zero attached hydrogens (tertiary/aromatic N) is 3. The van der Waals surface area contributed by atoms with Gasteiger partial charge in [-0.05, 0) is 12.1 Å². The first-order chi connectivity index (χ1) is 8.95. The Bertz CT molecular complexity index is 652. The zero-order valence-electron chi connectivity index (χ0n) is 9.28. The summed E-state index contributed by atoms with van der Waals surface area (Å²) in [5, 5.41) is 17.5. The fraction of sp³-hybridized carbons (Fsp3) is 0.0833. The second-order valence-corrected chi connectivity index (χ2v) is 3.61. The highest BCUT2D eigenvalue weighted by Gasteiger charge is 2.30. The number of hydrogen-bond acceptors (Lipinski definition) is 3. The van der Waals surface area contributed by atoms with Crippen LogP contribution in [0.1, 0.15) is 17.0 Å². The molecule has 0 aliphatic carbocycles. The van der Waals surface area contributed by atoms with Gasteiger partial charge in [-0.1, -0.05) is 12.1 Å². The van der Waals surface area contributed by atoms with Gasteiger partial charge in [0, 0.05) is 5.56 Å². The lowest BCUT2D eigenvalue weighted by Gasteiger charge is -2.06. The quantitative estimate of drug-likeness (QED) is 0.858. The summed E-state index contributed by atoms with van der Waals surface area (Å²) in [4.78, 5) is 6.42. The van der Waals surface area contributed by atoms with Crippen molar-refractivity contribution in [3.05, 3.63) is 41.2 Å². The smallest absolute Gasteiger partial charge is 0.329 e. The molecule has 0 saturated heterocycles. The molecule has 0 saturated carbocycles. The van der Waals surface area contributed by atoms with Crippen LogP contribution in [0, 0.1) is 22.7 Å². The second-order valence-electron chi connectivity index (χ2n) is 3.61. The molecular formula is C12H5F3N4. The summed E-state index contributed by atoms with van der Waals surface area (Å²) in [6.45, 7) is 0. The first-order valence-electron chi connectivity index (χ1n) is 5.03. The predicted octanol–water partition coefficient (Wildman–Crippen LogP) is 2.84. The molecule has 2 aromatic rings. The zero-order valence-corrected chi connectivity index (χ0v) is 9.28. The maximum atomic E-state index is 12.4. The van der Waals surface area contributed by atoms with Crippen LogP contribution in [0.25, 0.3) is 11.4 Å². The maximum Gasteiger partial charge on any atom is 0.416 e. The molecule has 94 valence electrons. The number of aromatic nitrogens is 2. The monoisotopic (exact) mass is 262 g/mol. The summed E-state index contributed by atoms with van der Waals surface area (Å²) < 4.78 is 37.2. The van der Waals surface area contributed by atoms with Crippen LogP contribution >= 0.6 is 0 Å². The van der Waals surface area contributed by atoms with Gasteiger partial charge in [-0.3, -0.25) is 0 Å². The van der Waals surface area contributed by atoms with Gasteiger partial charge >= 0.3 is 6.18 Å². The van der Waals surface area contributed by atoms with Crippen molar-refractivity contribution in [3.8, 4) is 23.5 Å². The van der Waals surface area contributed by atoms with E-state index in [2.05, 4.69) is 9.97 Å². The van der Waals surface area contributed by atoms with Gasteiger partial charge in [0.2, 0.25) is 0 Å². The Kier molecular flexibility index (Phi) is 2.97. The molecule has 1 N–H and O–H groups in total. The predicted molar refractivity (Wildman–Crippen MR) is 58.5 cm³/mol. The third kappa shape index (κ3) is 2.40. The SMILES string of the molecule is N#Cc1nc(-c2ccc(C(F)(F)F)cc2)[nH]c1C#N. The van der Waals surface area contributed by atoms with Crippen LogP contribution in [-0.4, -0.2) is 9.97 Å². The van der Waals surface area contributed by atoms with Crippen LogP contribution in [0.3, 0.4) is 0 Å². The van der Waals surface area contributed by atoms with E-state index in [-0.39, 0.29) is 17.2 Å². The molecular weight excluding hydrogens is 257 g/mol. The fourth-order valence-corrected chi connectivity index (χ4v) is 1.49. The van der Waals surface area contributed by atoms with Crippen LogP contribution in [0.4, 0.5) is 13.2 Å². The molecule has 0 radical (unpaired) electrons. The third-order valence-corrected chi connectivity index (χ3v) is 2.41. The molecule has 0 unspecified atom stereocenters. The van der Waals surface area contributed by atoms with E-state index >= 15 is 0 Å². The minimum Gasteiger partial charge on any atom is -0.329 e. The van der Waals surface area contributed by atoms with Crippen LogP contribution in [0.15, 0.2) is 24.3 Å². The Morgan fingerprint density at radius 2 is 1.68 bits per heavy atom. The summed E-state index contributed by atoms with van der Waals surface area (Å²) in [6.07, 6.45) is -4.41. The number of alkyl halides is 3. The molecule has 0 amide bonds.